The first-order valence-corrected chi connectivity index (χ1v) is 23.9. The molecule has 1 heterocycles. The summed E-state index contributed by atoms with van der Waals surface area (Å²) in [5, 5.41) is 2.29. The smallest absolute Gasteiger partial charge is 0.334 e. The summed E-state index contributed by atoms with van der Waals surface area (Å²) in [6.45, 7) is 19.1. The quantitative estimate of drug-likeness (QED) is 0.0424. The Hall–Kier alpha value is -3.48. The van der Waals surface area contributed by atoms with Crippen molar-refractivity contribution < 1.29 is 32.6 Å². The summed E-state index contributed by atoms with van der Waals surface area (Å²) in [6, 6.07) is 31.8. The Morgan fingerprint density at radius 2 is 1.45 bits per heavy atom. The molecule has 53 heavy (non-hydrogen) atoms. The lowest BCUT2D eigenvalue weighted by atomic mass is 9.83. The highest BCUT2D eigenvalue weighted by Gasteiger charge is 2.68. The second-order valence-electron chi connectivity index (χ2n) is 15.8. The van der Waals surface area contributed by atoms with Crippen molar-refractivity contribution in [1.82, 2.24) is 0 Å². The van der Waals surface area contributed by atoms with Gasteiger partial charge in [-0.15, -0.1) is 0 Å². The van der Waals surface area contributed by atoms with E-state index in [-0.39, 0.29) is 35.7 Å². The van der Waals surface area contributed by atoms with Crippen LogP contribution in [-0.2, 0) is 23.1 Å². The van der Waals surface area contributed by atoms with Gasteiger partial charge in [0, 0.05) is 30.4 Å². The maximum Gasteiger partial charge on any atom is 0.334 e. The number of carbonyl (C=O) groups excluding carboxylic acids is 1. The van der Waals surface area contributed by atoms with Crippen LogP contribution in [0.15, 0.2) is 108 Å². The molecule has 6 rings (SSSR count). The monoisotopic (exact) mass is 754 g/mol. The number of esters is 1. The van der Waals surface area contributed by atoms with Crippen molar-refractivity contribution in [2.75, 3.05) is 27.1 Å². The molecule has 2 aliphatic carbocycles. The lowest BCUT2D eigenvalue weighted by Gasteiger charge is -2.45. The highest BCUT2D eigenvalue weighted by atomic mass is 28.4. The highest BCUT2D eigenvalue weighted by Crippen LogP contribution is 2.64. The van der Waals surface area contributed by atoms with Crippen molar-refractivity contribution in [1.29, 1.82) is 0 Å². The van der Waals surface area contributed by atoms with Crippen molar-refractivity contribution in [3.8, 4) is 11.5 Å². The topological polar surface area (TPSA) is 72.5 Å². The summed E-state index contributed by atoms with van der Waals surface area (Å²) in [7, 11) is -3.28. The molecule has 0 radical (unpaired) electrons. The van der Waals surface area contributed by atoms with Crippen LogP contribution in [0.1, 0.15) is 60.8 Å². The normalized spacial score (nSPS) is 22.5. The largest absolute Gasteiger partial charge is 0.497 e. The zero-order valence-electron chi connectivity index (χ0n) is 32.7. The first-order chi connectivity index (χ1) is 25.5. The third-order valence-electron chi connectivity index (χ3n) is 12.3. The summed E-state index contributed by atoms with van der Waals surface area (Å²) < 4.78 is 38.6. The number of ether oxygens (including phenoxy) is 4. The van der Waals surface area contributed by atoms with Gasteiger partial charge < -0.3 is 27.8 Å². The number of methoxy groups -OCH3 is 1. The molecule has 3 aromatic rings. The van der Waals surface area contributed by atoms with Gasteiger partial charge in [0.2, 0.25) is 0 Å². The van der Waals surface area contributed by atoms with Crippen LogP contribution < -0.4 is 19.8 Å². The number of rotatable bonds is 18. The molecule has 2 bridgehead atoms. The molecule has 1 aliphatic heterocycles. The van der Waals surface area contributed by atoms with Gasteiger partial charge in [0.1, 0.15) is 17.6 Å². The van der Waals surface area contributed by atoms with E-state index in [1.165, 1.54) is 10.4 Å². The summed E-state index contributed by atoms with van der Waals surface area (Å²) >= 11 is 0. The lowest BCUT2D eigenvalue weighted by molar-refractivity contribution is -0.143. The second-order valence-corrected chi connectivity index (χ2v) is 24.8. The molecule has 1 unspecified atom stereocenters. The zero-order valence-corrected chi connectivity index (χ0v) is 34.7. The fourth-order valence-corrected chi connectivity index (χ4v) is 17.1. The van der Waals surface area contributed by atoms with E-state index >= 15 is 0 Å². The van der Waals surface area contributed by atoms with E-state index in [2.05, 4.69) is 109 Å². The molecule has 4 atom stereocenters. The van der Waals surface area contributed by atoms with Gasteiger partial charge in [0.25, 0.3) is 8.32 Å². The molecular formula is C44H58O7Si2. The van der Waals surface area contributed by atoms with Gasteiger partial charge in [0.15, 0.2) is 15.1 Å². The maximum atomic E-state index is 13.8. The van der Waals surface area contributed by atoms with Gasteiger partial charge in [-0.2, -0.15) is 0 Å². The number of fused-ring (bicyclic) bond motifs is 5. The number of carbonyl (C=O) groups is 1. The third-order valence-corrected chi connectivity index (χ3v) is 22.0. The van der Waals surface area contributed by atoms with Crippen molar-refractivity contribution in [3.63, 3.8) is 0 Å². The van der Waals surface area contributed by atoms with Gasteiger partial charge in [-0.25, -0.2) is 4.79 Å². The van der Waals surface area contributed by atoms with Crippen molar-refractivity contribution in [3.05, 3.63) is 108 Å². The average molecular weight is 755 g/mol. The van der Waals surface area contributed by atoms with Crippen LogP contribution in [-0.4, -0.2) is 61.4 Å². The SMILES string of the molecule is C=C(COCOc1ccc(OC)cc1)C1(O[Si](CC)(CC)CC)[C@@H]2CC[C@H]1[C@@H]1OC(=O)C(CCO[Si](c3ccccc3)(c3ccccc3)C(C)(C)C)=C12. The highest BCUT2D eigenvalue weighted by molar-refractivity contribution is 6.99. The van der Waals surface area contributed by atoms with Gasteiger partial charge >= 0.3 is 5.97 Å². The summed E-state index contributed by atoms with van der Waals surface area (Å²) in [5.74, 6) is 1.27. The molecule has 9 heteroatoms. The minimum absolute atomic E-state index is 0.00180. The second kappa shape index (κ2) is 16.1. The molecule has 284 valence electrons. The van der Waals surface area contributed by atoms with E-state index in [9.17, 15) is 4.79 Å². The number of hydrogen-bond acceptors (Lipinski definition) is 7. The Bertz CT molecular complexity index is 1700. The molecule has 0 saturated heterocycles. The van der Waals surface area contributed by atoms with Crippen LogP contribution in [0.5, 0.6) is 11.5 Å². The van der Waals surface area contributed by atoms with Crippen LogP contribution in [0.3, 0.4) is 0 Å². The van der Waals surface area contributed by atoms with Crippen LogP contribution in [0, 0.1) is 11.8 Å². The van der Waals surface area contributed by atoms with Crippen molar-refractivity contribution in [2.24, 2.45) is 11.8 Å². The maximum absolute atomic E-state index is 13.8. The Labute approximate surface area is 318 Å². The van der Waals surface area contributed by atoms with Crippen molar-refractivity contribution >= 4 is 33.0 Å². The van der Waals surface area contributed by atoms with E-state index in [1.807, 2.05) is 24.3 Å². The van der Waals surface area contributed by atoms with Crippen LogP contribution in [0.4, 0.5) is 0 Å². The van der Waals surface area contributed by atoms with Crippen LogP contribution >= 0.6 is 0 Å². The van der Waals surface area contributed by atoms with Gasteiger partial charge in [-0.05, 0) is 81.8 Å². The summed E-state index contributed by atoms with van der Waals surface area (Å²) in [4.78, 5) is 13.8. The van der Waals surface area contributed by atoms with Gasteiger partial charge in [-0.1, -0.05) is 109 Å². The number of hydrogen-bond donors (Lipinski definition) is 0. The predicted octanol–water partition coefficient (Wildman–Crippen LogP) is 8.59. The first kappa shape index (κ1) is 39.2. The van der Waals surface area contributed by atoms with Crippen LogP contribution in [0.2, 0.25) is 23.2 Å². The fraction of sp³-hybridized carbons (Fsp3) is 0.477. The Morgan fingerprint density at radius 1 is 0.868 bits per heavy atom. The molecule has 0 spiro atoms. The Balaban J connectivity index is 1.29. The van der Waals surface area contributed by atoms with E-state index in [0.717, 1.165) is 53.4 Å². The van der Waals surface area contributed by atoms with Crippen molar-refractivity contribution in [2.45, 2.75) is 95.7 Å². The zero-order chi connectivity index (χ0) is 37.9. The van der Waals surface area contributed by atoms with E-state index in [1.54, 1.807) is 7.11 Å². The Kier molecular flexibility index (Phi) is 11.9. The molecule has 7 nitrogen and oxygen atoms in total. The van der Waals surface area contributed by atoms with E-state index < -0.39 is 22.2 Å². The molecule has 0 N–H and O–H groups in total. The molecule has 0 amide bonds. The van der Waals surface area contributed by atoms with Crippen LogP contribution in [0.25, 0.3) is 0 Å². The minimum atomic E-state index is -2.78. The third kappa shape index (κ3) is 7.11. The van der Waals surface area contributed by atoms with E-state index in [0.29, 0.717) is 25.4 Å². The minimum Gasteiger partial charge on any atom is -0.497 e. The van der Waals surface area contributed by atoms with E-state index in [4.69, 9.17) is 27.8 Å². The Morgan fingerprint density at radius 3 is 2.00 bits per heavy atom. The average Bonchev–Trinajstić information content (AvgIpc) is 3.79. The molecule has 0 aromatic heterocycles. The number of benzene rings is 3. The van der Waals surface area contributed by atoms with Gasteiger partial charge in [-0.3, -0.25) is 0 Å². The standard InChI is InChI=1S/C44H58O7Si2/c1-9-52(10-2,11-3)51-44(32(4)30-47-31-48-34-24-22-33(46-8)23-25-34)38-26-27-39(44)41-40(38)37(42(45)50-41)28-29-49-53(43(5,6)7,35-18-14-12-15-19-35)36-20-16-13-17-21-36/h12-25,38-39,41H,4,9-11,26-31H2,1-3,5-8H3/t38-,39+,41+,44?/m1/s1. The summed E-state index contributed by atoms with van der Waals surface area (Å²) in [5.41, 5.74) is 2.14. The lowest BCUT2D eigenvalue weighted by Crippen LogP contribution is -2.66. The molecule has 2 saturated carbocycles. The summed E-state index contributed by atoms with van der Waals surface area (Å²) in [6.07, 6.45) is 2.02. The molecule has 3 aliphatic rings. The molecule has 3 aromatic carbocycles. The first-order valence-electron chi connectivity index (χ1n) is 19.4. The molecular weight excluding hydrogens is 697 g/mol. The van der Waals surface area contributed by atoms with Gasteiger partial charge in [0.05, 0.1) is 19.3 Å². The molecule has 2 fully saturated rings. The fourth-order valence-electron chi connectivity index (χ4n) is 9.47. The predicted molar refractivity (Wildman–Crippen MR) is 216 cm³/mol.